The van der Waals surface area contributed by atoms with Crippen LogP contribution in [-0.4, -0.2) is 65.2 Å². The molecule has 0 radical (unpaired) electrons. The fourth-order valence-electron chi connectivity index (χ4n) is 4.26. The van der Waals surface area contributed by atoms with Gasteiger partial charge in [0, 0.05) is 25.3 Å². The first-order valence-electron chi connectivity index (χ1n) is 10.0. The van der Waals surface area contributed by atoms with E-state index >= 15 is 0 Å². The van der Waals surface area contributed by atoms with E-state index in [4.69, 9.17) is 4.74 Å². The fourth-order valence-corrected chi connectivity index (χ4v) is 4.26. The van der Waals surface area contributed by atoms with Gasteiger partial charge in [-0.1, -0.05) is 42.5 Å². The summed E-state index contributed by atoms with van der Waals surface area (Å²) < 4.78 is 5.89. The fraction of sp³-hybridized carbons (Fsp3) is 0.409. The normalized spacial score (nSPS) is 26.7. The molecular formula is C22H27N3O4. The predicted octanol–water partition coefficient (Wildman–Crippen LogP) is 1.36. The van der Waals surface area contributed by atoms with E-state index in [1.807, 2.05) is 42.5 Å². The summed E-state index contributed by atoms with van der Waals surface area (Å²) in [5.74, 6) is 0. The van der Waals surface area contributed by atoms with Crippen LogP contribution in [0.1, 0.15) is 11.1 Å². The van der Waals surface area contributed by atoms with Gasteiger partial charge in [0.1, 0.15) is 12.2 Å². The smallest absolute Gasteiger partial charge is 0.319 e. The maximum atomic E-state index is 12.2. The van der Waals surface area contributed by atoms with E-state index in [-0.39, 0.29) is 25.2 Å². The first kappa shape index (κ1) is 19.8. The maximum absolute atomic E-state index is 12.2. The van der Waals surface area contributed by atoms with E-state index in [2.05, 4.69) is 27.7 Å². The molecule has 2 aromatic carbocycles. The molecule has 2 aromatic rings. The second-order valence-corrected chi connectivity index (χ2v) is 7.57. The van der Waals surface area contributed by atoms with Crippen LogP contribution in [0.15, 0.2) is 54.6 Å². The van der Waals surface area contributed by atoms with Crippen molar-refractivity contribution in [3.8, 4) is 0 Å². The van der Waals surface area contributed by atoms with Crippen LogP contribution < -0.4 is 10.6 Å². The number of urea groups is 1. The first-order valence-corrected chi connectivity index (χ1v) is 10.0. The Morgan fingerprint density at radius 2 is 1.79 bits per heavy atom. The zero-order valence-corrected chi connectivity index (χ0v) is 16.2. The Kier molecular flexibility index (Phi) is 6.10. The Labute approximate surface area is 170 Å². The van der Waals surface area contributed by atoms with Gasteiger partial charge in [-0.3, -0.25) is 4.90 Å². The average Bonchev–Trinajstić information content (AvgIpc) is 3.08. The molecule has 2 aliphatic rings. The third kappa shape index (κ3) is 4.43. The van der Waals surface area contributed by atoms with Gasteiger partial charge in [-0.25, -0.2) is 4.79 Å². The third-order valence-electron chi connectivity index (χ3n) is 5.72. The molecule has 2 aliphatic heterocycles. The number of nitrogens with one attached hydrogen (secondary N) is 2. The molecule has 29 heavy (non-hydrogen) atoms. The highest BCUT2D eigenvalue weighted by Gasteiger charge is 2.46. The van der Waals surface area contributed by atoms with Crippen molar-refractivity contribution in [1.29, 1.82) is 0 Å². The van der Waals surface area contributed by atoms with E-state index < -0.39 is 18.3 Å². The summed E-state index contributed by atoms with van der Waals surface area (Å²) in [5.41, 5.74) is 3.27. The number of ether oxygens (including phenoxy) is 1. The van der Waals surface area contributed by atoms with E-state index in [0.29, 0.717) is 12.2 Å². The molecule has 1 saturated heterocycles. The Hall–Kier alpha value is -2.45. The number of anilines is 1. The highest BCUT2D eigenvalue weighted by molar-refractivity contribution is 5.89. The van der Waals surface area contributed by atoms with Crippen molar-refractivity contribution in [2.45, 2.75) is 37.3 Å². The lowest BCUT2D eigenvalue weighted by Crippen LogP contribution is -2.52. The number of aliphatic hydroxyl groups is 2. The van der Waals surface area contributed by atoms with Crippen LogP contribution in [0.25, 0.3) is 0 Å². The quantitative estimate of drug-likeness (QED) is 0.611. The van der Waals surface area contributed by atoms with Gasteiger partial charge in [0.2, 0.25) is 0 Å². The van der Waals surface area contributed by atoms with Gasteiger partial charge in [0.15, 0.2) is 0 Å². The van der Waals surface area contributed by atoms with E-state index in [1.165, 1.54) is 11.1 Å². The number of benzene rings is 2. The van der Waals surface area contributed by atoms with Crippen LogP contribution in [0.4, 0.5) is 10.5 Å². The monoisotopic (exact) mass is 397 g/mol. The number of para-hydroxylation sites is 1. The highest BCUT2D eigenvalue weighted by atomic mass is 16.5. The Bertz CT molecular complexity index is 832. The lowest BCUT2D eigenvalue weighted by atomic mass is 9.95. The van der Waals surface area contributed by atoms with Crippen molar-refractivity contribution >= 4 is 11.7 Å². The Morgan fingerprint density at radius 3 is 2.55 bits per heavy atom. The molecule has 2 heterocycles. The van der Waals surface area contributed by atoms with Gasteiger partial charge in [-0.15, -0.1) is 0 Å². The molecule has 0 aromatic heterocycles. The molecule has 4 N–H and O–H groups in total. The summed E-state index contributed by atoms with van der Waals surface area (Å²) in [5, 5.41) is 26.0. The number of carbonyl (C=O) groups excluding carboxylic acids is 1. The molecule has 0 unspecified atom stereocenters. The molecule has 1 fully saturated rings. The van der Waals surface area contributed by atoms with Crippen LogP contribution in [0.3, 0.4) is 0 Å². The van der Waals surface area contributed by atoms with Crippen LogP contribution >= 0.6 is 0 Å². The van der Waals surface area contributed by atoms with Gasteiger partial charge < -0.3 is 25.6 Å². The lowest BCUT2D eigenvalue weighted by molar-refractivity contribution is -0.0205. The van der Waals surface area contributed by atoms with Gasteiger partial charge in [0.05, 0.1) is 18.8 Å². The Morgan fingerprint density at radius 1 is 1.07 bits per heavy atom. The number of aliphatic hydroxyl groups excluding tert-OH is 2. The lowest BCUT2D eigenvalue weighted by Gasteiger charge is -2.37. The van der Waals surface area contributed by atoms with Crippen LogP contribution in [0.5, 0.6) is 0 Å². The van der Waals surface area contributed by atoms with Crippen molar-refractivity contribution in [2.24, 2.45) is 0 Å². The van der Waals surface area contributed by atoms with Crippen molar-refractivity contribution in [3.63, 3.8) is 0 Å². The number of hydrogen-bond donors (Lipinski definition) is 4. The summed E-state index contributed by atoms with van der Waals surface area (Å²) in [6.45, 7) is 1.50. The molecule has 2 amide bonds. The van der Waals surface area contributed by atoms with E-state index in [0.717, 1.165) is 13.0 Å². The SMILES string of the molecule is O=C(NC[C@@H]1O[C@@H](CO)[C@@H](O)[C@H]1N1CCc2ccccc2C1)Nc1ccccc1. The number of hydrogen-bond acceptors (Lipinski definition) is 5. The molecule has 0 aliphatic carbocycles. The number of amides is 2. The molecule has 0 spiro atoms. The largest absolute Gasteiger partial charge is 0.394 e. The minimum absolute atomic E-state index is 0.245. The van der Waals surface area contributed by atoms with Crippen LogP contribution in [0.2, 0.25) is 0 Å². The second kappa shape index (κ2) is 8.92. The predicted molar refractivity (Wildman–Crippen MR) is 110 cm³/mol. The average molecular weight is 397 g/mol. The molecular weight excluding hydrogens is 370 g/mol. The van der Waals surface area contributed by atoms with Gasteiger partial charge in [0.25, 0.3) is 0 Å². The third-order valence-corrected chi connectivity index (χ3v) is 5.72. The number of nitrogens with zero attached hydrogens (tertiary/aromatic N) is 1. The molecule has 4 rings (SSSR count). The van der Waals surface area contributed by atoms with Gasteiger partial charge in [-0.05, 0) is 29.7 Å². The summed E-state index contributed by atoms with van der Waals surface area (Å²) >= 11 is 0. The minimum atomic E-state index is -0.811. The Balaban J connectivity index is 1.41. The summed E-state index contributed by atoms with van der Waals surface area (Å²) in [6, 6.07) is 16.9. The minimum Gasteiger partial charge on any atom is -0.394 e. The van der Waals surface area contributed by atoms with Crippen molar-refractivity contribution in [2.75, 3.05) is 25.0 Å². The highest BCUT2D eigenvalue weighted by Crippen LogP contribution is 2.30. The standard InChI is InChI=1S/C22H27N3O4/c26-14-19-21(27)20(25-11-10-15-6-4-5-7-16(15)13-25)18(29-19)12-23-22(28)24-17-8-2-1-3-9-17/h1-9,18-21,26-27H,10-14H2,(H2,23,24,28)/t18-,19-,20-,21+/m0/s1. The number of rotatable bonds is 5. The first-order chi connectivity index (χ1) is 14.2. The number of carbonyl (C=O) groups is 1. The van der Waals surface area contributed by atoms with Crippen LogP contribution in [-0.2, 0) is 17.7 Å². The number of fused-ring (bicyclic) bond motifs is 1. The van der Waals surface area contributed by atoms with Crippen molar-refractivity contribution in [3.05, 3.63) is 65.7 Å². The molecule has 154 valence electrons. The van der Waals surface area contributed by atoms with Crippen LogP contribution in [0, 0.1) is 0 Å². The van der Waals surface area contributed by atoms with Crippen molar-refractivity contribution in [1.82, 2.24) is 10.2 Å². The molecule has 7 heteroatoms. The zero-order valence-electron chi connectivity index (χ0n) is 16.2. The molecule has 4 atom stereocenters. The topological polar surface area (TPSA) is 94.1 Å². The summed E-state index contributed by atoms with van der Waals surface area (Å²) in [7, 11) is 0. The van der Waals surface area contributed by atoms with Gasteiger partial charge >= 0.3 is 6.03 Å². The second-order valence-electron chi connectivity index (χ2n) is 7.57. The molecule has 0 bridgehead atoms. The van der Waals surface area contributed by atoms with Crippen molar-refractivity contribution < 1.29 is 19.7 Å². The summed E-state index contributed by atoms with van der Waals surface area (Å²) in [6.07, 6.45) is -0.970. The summed E-state index contributed by atoms with van der Waals surface area (Å²) in [4.78, 5) is 14.4. The maximum Gasteiger partial charge on any atom is 0.319 e. The molecule has 0 saturated carbocycles. The molecule has 7 nitrogen and oxygen atoms in total. The van der Waals surface area contributed by atoms with Gasteiger partial charge in [-0.2, -0.15) is 0 Å². The zero-order chi connectivity index (χ0) is 20.2. The van der Waals surface area contributed by atoms with E-state index in [1.54, 1.807) is 0 Å². The van der Waals surface area contributed by atoms with E-state index in [9.17, 15) is 15.0 Å².